The zero-order chi connectivity index (χ0) is 11.1. The normalized spacial score (nSPS) is 20.0. The third kappa shape index (κ3) is 1.37. The van der Waals surface area contributed by atoms with Gasteiger partial charge < -0.3 is 10.3 Å². The number of hydrogen-bond donors (Lipinski definition) is 2. The van der Waals surface area contributed by atoms with E-state index in [9.17, 15) is 0 Å². The third-order valence-corrected chi connectivity index (χ3v) is 3.63. The highest BCUT2D eigenvalue weighted by Crippen LogP contribution is 2.28. The van der Waals surface area contributed by atoms with Crippen molar-refractivity contribution in [3.63, 3.8) is 0 Å². The number of benzene rings is 1. The Hall–Kier alpha value is -1.28. The average molecular weight is 214 g/mol. The molecule has 2 aromatic rings. The number of H-pyrrole nitrogens is 1. The van der Waals surface area contributed by atoms with Crippen molar-refractivity contribution >= 4 is 10.9 Å². The molecule has 16 heavy (non-hydrogen) atoms. The Morgan fingerprint density at radius 3 is 3.06 bits per heavy atom. The smallest absolute Gasteiger partial charge is 0.0491 e. The van der Waals surface area contributed by atoms with E-state index in [4.69, 9.17) is 0 Å². The Balaban J connectivity index is 2.25. The fourth-order valence-electron chi connectivity index (χ4n) is 2.72. The van der Waals surface area contributed by atoms with Crippen molar-refractivity contribution in [2.75, 3.05) is 0 Å². The van der Waals surface area contributed by atoms with Crippen molar-refractivity contribution in [2.24, 2.45) is 0 Å². The van der Waals surface area contributed by atoms with Crippen LogP contribution in [0.4, 0.5) is 0 Å². The fraction of sp³-hybridized carbons (Fsp3) is 0.429. The molecule has 1 aliphatic heterocycles. The first-order valence-electron chi connectivity index (χ1n) is 6.14. The second-order valence-corrected chi connectivity index (χ2v) is 4.76. The van der Waals surface area contributed by atoms with E-state index in [-0.39, 0.29) is 0 Å². The van der Waals surface area contributed by atoms with Gasteiger partial charge in [-0.05, 0) is 30.9 Å². The summed E-state index contributed by atoms with van der Waals surface area (Å²) in [4.78, 5) is 3.59. The summed E-state index contributed by atoms with van der Waals surface area (Å²) < 4.78 is 0. The Morgan fingerprint density at radius 2 is 2.25 bits per heavy atom. The molecule has 1 unspecified atom stereocenters. The third-order valence-electron chi connectivity index (χ3n) is 3.63. The van der Waals surface area contributed by atoms with Gasteiger partial charge in [-0.3, -0.25) is 0 Å². The van der Waals surface area contributed by atoms with Gasteiger partial charge in [-0.2, -0.15) is 0 Å². The largest absolute Gasteiger partial charge is 0.357 e. The van der Waals surface area contributed by atoms with E-state index in [0.717, 1.165) is 19.4 Å². The van der Waals surface area contributed by atoms with Gasteiger partial charge in [-0.15, -0.1) is 0 Å². The molecule has 2 heterocycles. The molecule has 0 saturated carbocycles. The monoisotopic (exact) mass is 214 g/mol. The molecule has 0 radical (unpaired) electrons. The highest BCUT2D eigenvalue weighted by atomic mass is 14.9. The number of para-hydroxylation sites is 1. The number of aromatic nitrogens is 1. The number of aryl methyl sites for hydroxylation is 1. The van der Waals surface area contributed by atoms with Crippen LogP contribution in [0.15, 0.2) is 18.2 Å². The van der Waals surface area contributed by atoms with Gasteiger partial charge in [0.2, 0.25) is 0 Å². The molecule has 2 nitrogen and oxygen atoms in total. The van der Waals surface area contributed by atoms with Crippen molar-refractivity contribution in [3.05, 3.63) is 35.0 Å². The highest BCUT2D eigenvalue weighted by molar-refractivity contribution is 5.87. The molecule has 0 bridgehead atoms. The molecule has 84 valence electrons. The minimum atomic E-state index is 0.594. The van der Waals surface area contributed by atoms with Crippen LogP contribution < -0.4 is 5.32 Å². The van der Waals surface area contributed by atoms with E-state index in [1.807, 2.05) is 0 Å². The summed E-state index contributed by atoms with van der Waals surface area (Å²) in [5.74, 6) is 0. The molecule has 2 N–H and O–H groups in total. The Morgan fingerprint density at radius 1 is 1.38 bits per heavy atom. The molecule has 0 spiro atoms. The summed E-state index contributed by atoms with van der Waals surface area (Å²) in [6, 6.07) is 7.25. The molecule has 1 atom stereocenters. The number of aromatic amines is 1. The SMILES string of the molecule is CCc1cccc2c3c([nH]c12)CNC(C)C3. The second kappa shape index (κ2) is 3.63. The van der Waals surface area contributed by atoms with E-state index in [0.29, 0.717) is 6.04 Å². The zero-order valence-electron chi connectivity index (χ0n) is 9.93. The summed E-state index contributed by atoms with van der Waals surface area (Å²) >= 11 is 0. The Bertz CT molecular complexity index is 525. The van der Waals surface area contributed by atoms with Crippen molar-refractivity contribution in [3.8, 4) is 0 Å². The Kier molecular flexibility index (Phi) is 2.25. The van der Waals surface area contributed by atoms with Gasteiger partial charge in [0.1, 0.15) is 0 Å². The summed E-state index contributed by atoms with van der Waals surface area (Å²) in [5.41, 5.74) is 5.69. The van der Waals surface area contributed by atoms with Crippen LogP contribution in [0, 0.1) is 0 Å². The lowest BCUT2D eigenvalue weighted by atomic mass is 9.98. The van der Waals surface area contributed by atoms with E-state index in [2.05, 4.69) is 42.3 Å². The lowest BCUT2D eigenvalue weighted by Crippen LogP contribution is -2.32. The number of hydrogen-bond acceptors (Lipinski definition) is 1. The molecule has 0 aliphatic carbocycles. The molecule has 3 rings (SSSR count). The van der Waals surface area contributed by atoms with Crippen molar-refractivity contribution in [1.82, 2.24) is 10.3 Å². The molecule has 0 saturated heterocycles. The van der Waals surface area contributed by atoms with Crippen LogP contribution in [0.2, 0.25) is 0 Å². The maximum Gasteiger partial charge on any atom is 0.0491 e. The first kappa shape index (κ1) is 9.91. The van der Waals surface area contributed by atoms with Crippen LogP contribution in [0.5, 0.6) is 0 Å². The standard InChI is InChI=1S/C14H18N2/c1-3-10-5-4-6-11-12-7-9(2)15-8-13(12)16-14(10)11/h4-6,9,15-16H,3,7-8H2,1-2H3. The molecule has 0 amide bonds. The highest BCUT2D eigenvalue weighted by Gasteiger charge is 2.19. The lowest BCUT2D eigenvalue weighted by Gasteiger charge is -2.20. The van der Waals surface area contributed by atoms with Gasteiger partial charge in [-0.1, -0.05) is 25.1 Å². The molecule has 0 fully saturated rings. The zero-order valence-corrected chi connectivity index (χ0v) is 9.93. The first-order valence-corrected chi connectivity index (χ1v) is 6.14. The van der Waals surface area contributed by atoms with Crippen LogP contribution in [-0.4, -0.2) is 11.0 Å². The molecule has 1 aromatic heterocycles. The maximum atomic E-state index is 3.59. The topological polar surface area (TPSA) is 27.8 Å². The van der Waals surface area contributed by atoms with Crippen LogP contribution in [0.25, 0.3) is 10.9 Å². The molecular weight excluding hydrogens is 196 g/mol. The number of rotatable bonds is 1. The van der Waals surface area contributed by atoms with Gasteiger partial charge in [0.15, 0.2) is 0 Å². The van der Waals surface area contributed by atoms with Crippen molar-refractivity contribution < 1.29 is 0 Å². The molecule has 1 aromatic carbocycles. The molecule has 2 heteroatoms. The number of nitrogens with one attached hydrogen (secondary N) is 2. The van der Waals surface area contributed by atoms with Crippen LogP contribution in [0.3, 0.4) is 0 Å². The Labute approximate surface area is 96.1 Å². The van der Waals surface area contributed by atoms with Gasteiger partial charge in [-0.25, -0.2) is 0 Å². The maximum absolute atomic E-state index is 3.59. The number of fused-ring (bicyclic) bond motifs is 3. The fourth-order valence-corrected chi connectivity index (χ4v) is 2.72. The van der Waals surface area contributed by atoms with Crippen molar-refractivity contribution in [1.29, 1.82) is 0 Å². The summed E-state index contributed by atoms with van der Waals surface area (Å²) in [6.45, 7) is 5.45. The summed E-state index contributed by atoms with van der Waals surface area (Å²) in [5, 5.41) is 4.94. The van der Waals surface area contributed by atoms with Gasteiger partial charge in [0, 0.05) is 29.2 Å². The van der Waals surface area contributed by atoms with E-state index in [1.165, 1.54) is 27.7 Å². The molecular formula is C14H18N2. The van der Waals surface area contributed by atoms with Gasteiger partial charge in [0.05, 0.1) is 0 Å². The van der Waals surface area contributed by atoms with E-state index in [1.54, 1.807) is 0 Å². The summed E-state index contributed by atoms with van der Waals surface area (Å²) in [6.07, 6.45) is 2.24. The van der Waals surface area contributed by atoms with Crippen LogP contribution >= 0.6 is 0 Å². The minimum Gasteiger partial charge on any atom is -0.357 e. The first-order chi connectivity index (χ1) is 7.79. The van der Waals surface area contributed by atoms with Crippen LogP contribution in [-0.2, 0) is 19.4 Å². The van der Waals surface area contributed by atoms with Crippen molar-refractivity contribution in [2.45, 2.75) is 39.3 Å². The van der Waals surface area contributed by atoms with Gasteiger partial charge >= 0.3 is 0 Å². The average Bonchev–Trinajstić information content (AvgIpc) is 2.67. The quantitative estimate of drug-likeness (QED) is 0.750. The predicted octanol–water partition coefficient (Wildman–Crippen LogP) is 2.76. The van der Waals surface area contributed by atoms with E-state index >= 15 is 0 Å². The lowest BCUT2D eigenvalue weighted by molar-refractivity contribution is 0.511. The van der Waals surface area contributed by atoms with E-state index < -0.39 is 0 Å². The van der Waals surface area contributed by atoms with Gasteiger partial charge in [0.25, 0.3) is 0 Å². The second-order valence-electron chi connectivity index (χ2n) is 4.76. The summed E-state index contributed by atoms with van der Waals surface area (Å²) in [7, 11) is 0. The van der Waals surface area contributed by atoms with Crippen LogP contribution in [0.1, 0.15) is 30.7 Å². The predicted molar refractivity (Wildman–Crippen MR) is 67.7 cm³/mol. The molecule has 1 aliphatic rings. The minimum absolute atomic E-state index is 0.594.